The van der Waals surface area contributed by atoms with Crippen LogP contribution in [0, 0.1) is 0 Å². The highest BCUT2D eigenvalue weighted by Crippen LogP contribution is 2.12. The normalized spacial score (nSPS) is 10.0. The number of benzene rings is 1. The van der Waals surface area contributed by atoms with Crippen LogP contribution in [0.5, 0.6) is 5.75 Å². The zero-order valence-corrected chi connectivity index (χ0v) is 12.9. The highest BCUT2D eigenvalue weighted by molar-refractivity contribution is 5.79. The molecule has 0 aliphatic carbocycles. The standard InChI is InChI=1S/C16H23NO4/c1-4-10-17(11-9-16(19)21-3)15(18)12-13-5-7-14(20-2)8-6-13/h5-8H,4,9-12H2,1-3H3. The Labute approximate surface area is 125 Å². The summed E-state index contributed by atoms with van der Waals surface area (Å²) in [5, 5.41) is 0. The molecule has 5 heteroatoms. The highest BCUT2D eigenvalue weighted by Gasteiger charge is 2.15. The van der Waals surface area contributed by atoms with Gasteiger partial charge in [-0.1, -0.05) is 19.1 Å². The fourth-order valence-corrected chi connectivity index (χ4v) is 1.99. The van der Waals surface area contributed by atoms with E-state index in [4.69, 9.17) is 4.74 Å². The largest absolute Gasteiger partial charge is 0.497 e. The molecule has 0 aliphatic rings. The molecule has 0 fully saturated rings. The van der Waals surface area contributed by atoms with E-state index in [0.29, 0.717) is 19.5 Å². The number of hydrogen-bond donors (Lipinski definition) is 0. The van der Waals surface area contributed by atoms with E-state index in [-0.39, 0.29) is 18.3 Å². The first-order valence-corrected chi connectivity index (χ1v) is 7.08. The third-order valence-corrected chi connectivity index (χ3v) is 3.17. The molecule has 0 saturated carbocycles. The average Bonchev–Trinajstić information content (AvgIpc) is 2.51. The Kier molecular flexibility index (Phi) is 7.29. The quantitative estimate of drug-likeness (QED) is 0.688. The molecule has 0 bridgehead atoms. The lowest BCUT2D eigenvalue weighted by molar-refractivity contribution is -0.141. The molecule has 0 atom stereocenters. The van der Waals surface area contributed by atoms with E-state index in [2.05, 4.69) is 4.74 Å². The lowest BCUT2D eigenvalue weighted by Crippen LogP contribution is -2.35. The molecule has 0 aromatic heterocycles. The Morgan fingerprint density at radius 3 is 2.29 bits per heavy atom. The van der Waals surface area contributed by atoms with Gasteiger partial charge in [0.05, 0.1) is 27.1 Å². The van der Waals surface area contributed by atoms with Gasteiger partial charge in [0, 0.05) is 13.1 Å². The summed E-state index contributed by atoms with van der Waals surface area (Å²) in [5.41, 5.74) is 0.931. The number of ether oxygens (including phenoxy) is 2. The second kappa shape index (κ2) is 9.00. The monoisotopic (exact) mass is 293 g/mol. The fourth-order valence-electron chi connectivity index (χ4n) is 1.99. The second-order valence-electron chi connectivity index (χ2n) is 4.73. The zero-order chi connectivity index (χ0) is 15.7. The topological polar surface area (TPSA) is 55.8 Å². The van der Waals surface area contributed by atoms with Crippen molar-refractivity contribution >= 4 is 11.9 Å². The maximum Gasteiger partial charge on any atom is 0.307 e. The summed E-state index contributed by atoms with van der Waals surface area (Å²) in [4.78, 5) is 25.2. The minimum Gasteiger partial charge on any atom is -0.497 e. The zero-order valence-electron chi connectivity index (χ0n) is 12.9. The van der Waals surface area contributed by atoms with Crippen molar-refractivity contribution in [3.8, 4) is 5.75 Å². The lowest BCUT2D eigenvalue weighted by Gasteiger charge is -2.21. The van der Waals surface area contributed by atoms with Gasteiger partial charge in [0.1, 0.15) is 5.75 Å². The van der Waals surface area contributed by atoms with E-state index in [9.17, 15) is 9.59 Å². The Morgan fingerprint density at radius 1 is 1.10 bits per heavy atom. The number of nitrogens with zero attached hydrogens (tertiary/aromatic N) is 1. The number of carbonyl (C=O) groups excluding carboxylic acids is 2. The van der Waals surface area contributed by atoms with Crippen LogP contribution in [-0.4, -0.2) is 44.1 Å². The van der Waals surface area contributed by atoms with E-state index in [1.54, 1.807) is 12.0 Å². The minimum atomic E-state index is -0.298. The summed E-state index contributed by atoms with van der Waals surface area (Å²) in [6.07, 6.45) is 1.41. The van der Waals surface area contributed by atoms with Gasteiger partial charge in [-0.3, -0.25) is 9.59 Å². The van der Waals surface area contributed by atoms with E-state index in [1.807, 2.05) is 31.2 Å². The van der Waals surface area contributed by atoms with Gasteiger partial charge in [-0.15, -0.1) is 0 Å². The lowest BCUT2D eigenvalue weighted by atomic mass is 10.1. The van der Waals surface area contributed by atoms with Gasteiger partial charge in [-0.05, 0) is 24.1 Å². The predicted molar refractivity (Wildman–Crippen MR) is 80.2 cm³/mol. The van der Waals surface area contributed by atoms with Crippen LogP contribution in [0.25, 0.3) is 0 Å². The third kappa shape index (κ3) is 5.85. The van der Waals surface area contributed by atoms with Crippen LogP contribution >= 0.6 is 0 Å². The molecule has 0 heterocycles. The van der Waals surface area contributed by atoms with Crippen molar-refractivity contribution < 1.29 is 19.1 Å². The molecule has 1 aromatic rings. The molecule has 1 aromatic carbocycles. The van der Waals surface area contributed by atoms with Crippen LogP contribution in [0.15, 0.2) is 24.3 Å². The van der Waals surface area contributed by atoms with Crippen LogP contribution in [0.2, 0.25) is 0 Å². The van der Waals surface area contributed by atoms with Gasteiger partial charge >= 0.3 is 5.97 Å². The smallest absolute Gasteiger partial charge is 0.307 e. The number of methoxy groups -OCH3 is 2. The minimum absolute atomic E-state index is 0.0194. The second-order valence-corrected chi connectivity index (χ2v) is 4.73. The third-order valence-electron chi connectivity index (χ3n) is 3.17. The van der Waals surface area contributed by atoms with Crippen molar-refractivity contribution in [2.24, 2.45) is 0 Å². The Bertz CT molecular complexity index is 456. The summed E-state index contributed by atoms with van der Waals surface area (Å²) in [6, 6.07) is 7.42. The van der Waals surface area contributed by atoms with Crippen molar-refractivity contribution in [2.75, 3.05) is 27.3 Å². The molecule has 0 radical (unpaired) electrons. The van der Waals surface area contributed by atoms with E-state index < -0.39 is 0 Å². The number of carbonyl (C=O) groups is 2. The molecule has 21 heavy (non-hydrogen) atoms. The SMILES string of the molecule is CCCN(CCC(=O)OC)C(=O)Cc1ccc(OC)cc1. The van der Waals surface area contributed by atoms with Gasteiger partial charge in [-0.25, -0.2) is 0 Å². The first kappa shape index (κ1) is 17.0. The molecule has 0 saturated heterocycles. The van der Waals surface area contributed by atoms with Crippen molar-refractivity contribution in [2.45, 2.75) is 26.2 Å². The number of hydrogen-bond acceptors (Lipinski definition) is 4. The number of rotatable bonds is 8. The van der Waals surface area contributed by atoms with Crippen LogP contribution in [0.4, 0.5) is 0 Å². The van der Waals surface area contributed by atoms with Crippen LogP contribution < -0.4 is 4.74 Å². The molecular weight excluding hydrogens is 270 g/mol. The molecule has 5 nitrogen and oxygen atoms in total. The van der Waals surface area contributed by atoms with E-state index in [0.717, 1.165) is 17.7 Å². The van der Waals surface area contributed by atoms with Crippen molar-refractivity contribution in [1.82, 2.24) is 4.90 Å². The molecule has 0 unspecified atom stereocenters. The summed E-state index contributed by atoms with van der Waals surface area (Å²) in [6.45, 7) is 3.05. The Balaban J connectivity index is 2.60. The summed E-state index contributed by atoms with van der Waals surface area (Å²) in [5.74, 6) is 0.488. The summed E-state index contributed by atoms with van der Waals surface area (Å²) < 4.78 is 9.70. The molecule has 116 valence electrons. The average molecular weight is 293 g/mol. The Morgan fingerprint density at radius 2 is 1.76 bits per heavy atom. The van der Waals surface area contributed by atoms with Crippen LogP contribution in [-0.2, 0) is 20.7 Å². The number of esters is 1. The molecule has 0 aliphatic heterocycles. The van der Waals surface area contributed by atoms with Crippen LogP contribution in [0.3, 0.4) is 0 Å². The van der Waals surface area contributed by atoms with Gasteiger partial charge < -0.3 is 14.4 Å². The summed E-state index contributed by atoms with van der Waals surface area (Å²) in [7, 11) is 2.96. The Hall–Kier alpha value is -2.04. The first-order chi connectivity index (χ1) is 10.1. The molecular formula is C16H23NO4. The maximum atomic E-state index is 12.3. The first-order valence-electron chi connectivity index (χ1n) is 7.08. The van der Waals surface area contributed by atoms with Gasteiger partial charge in [0.2, 0.25) is 5.91 Å². The molecule has 0 N–H and O–H groups in total. The van der Waals surface area contributed by atoms with Crippen molar-refractivity contribution in [3.63, 3.8) is 0 Å². The van der Waals surface area contributed by atoms with E-state index in [1.165, 1.54) is 7.11 Å². The maximum absolute atomic E-state index is 12.3. The van der Waals surface area contributed by atoms with Crippen molar-refractivity contribution in [3.05, 3.63) is 29.8 Å². The van der Waals surface area contributed by atoms with Gasteiger partial charge in [0.15, 0.2) is 0 Å². The number of amides is 1. The fraction of sp³-hybridized carbons (Fsp3) is 0.500. The summed E-state index contributed by atoms with van der Waals surface area (Å²) >= 11 is 0. The van der Waals surface area contributed by atoms with Gasteiger partial charge in [-0.2, -0.15) is 0 Å². The molecule has 0 spiro atoms. The highest BCUT2D eigenvalue weighted by atomic mass is 16.5. The molecule has 1 amide bonds. The van der Waals surface area contributed by atoms with Crippen LogP contribution in [0.1, 0.15) is 25.3 Å². The molecule has 1 rings (SSSR count). The van der Waals surface area contributed by atoms with Crippen molar-refractivity contribution in [1.29, 1.82) is 0 Å². The van der Waals surface area contributed by atoms with Gasteiger partial charge in [0.25, 0.3) is 0 Å². The predicted octanol–water partition coefficient (Wildman–Crippen LogP) is 2.04. The van der Waals surface area contributed by atoms with E-state index >= 15 is 0 Å².